The van der Waals surface area contributed by atoms with E-state index in [4.69, 9.17) is 9.47 Å². The van der Waals surface area contributed by atoms with Gasteiger partial charge in [0, 0.05) is 12.1 Å². The van der Waals surface area contributed by atoms with Crippen molar-refractivity contribution < 1.29 is 14.3 Å². The molecule has 3 aromatic rings. The number of rotatable bonds is 7. The van der Waals surface area contributed by atoms with Crippen LogP contribution in [0.25, 0.3) is 11.4 Å². The molecular weight excluding hydrogens is 412 g/mol. The minimum absolute atomic E-state index is 0.121. The number of carbonyl (C=O) groups excluding carboxylic acids is 1. The lowest BCUT2D eigenvalue weighted by Gasteiger charge is -2.14. The van der Waals surface area contributed by atoms with Gasteiger partial charge in [0.2, 0.25) is 17.8 Å². The molecule has 0 spiro atoms. The lowest BCUT2D eigenvalue weighted by Crippen LogP contribution is -2.25. The highest BCUT2D eigenvalue weighted by Crippen LogP contribution is 2.36. The van der Waals surface area contributed by atoms with Crippen LogP contribution in [0.2, 0.25) is 0 Å². The summed E-state index contributed by atoms with van der Waals surface area (Å²) in [6.45, 7) is 6.73. The second-order valence-corrected chi connectivity index (χ2v) is 8.60. The SMILES string of the molecule is CCC(Sc1nnc(-c2ccc3c(c2)OCO3)n1CC)C(=O)Nc1nnc(C)s1. The first kappa shape index (κ1) is 19.6. The fourth-order valence-corrected chi connectivity index (χ4v) is 4.51. The van der Waals surface area contributed by atoms with Gasteiger partial charge in [-0.2, -0.15) is 0 Å². The number of thioether (sulfide) groups is 1. The first-order valence-electron chi connectivity index (χ1n) is 9.19. The van der Waals surface area contributed by atoms with Gasteiger partial charge >= 0.3 is 0 Å². The Hall–Kier alpha value is -2.66. The predicted molar refractivity (Wildman–Crippen MR) is 110 cm³/mol. The van der Waals surface area contributed by atoms with E-state index in [9.17, 15) is 4.79 Å². The van der Waals surface area contributed by atoms with Crippen LogP contribution in [0, 0.1) is 6.92 Å². The lowest BCUT2D eigenvalue weighted by atomic mass is 10.2. The van der Waals surface area contributed by atoms with E-state index in [1.165, 1.54) is 23.1 Å². The van der Waals surface area contributed by atoms with Crippen molar-refractivity contribution in [1.29, 1.82) is 0 Å². The van der Waals surface area contributed by atoms with Crippen molar-refractivity contribution in [1.82, 2.24) is 25.0 Å². The van der Waals surface area contributed by atoms with Crippen LogP contribution in [0.3, 0.4) is 0 Å². The summed E-state index contributed by atoms with van der Waals surface area (Å²) < 4.78 is 12.8. The van der Waals surface area contributed by atoms with Gasteiger partial charge < -0.3 is 14.0 Å². The highest BCUT2D eigenvalue weighted by molar-refractivity contribution is 8.00. The summed E-state index contributed by atoms with van der Waals surface area (Å²) in [5.41, 5.74) is 0.886. The van der Waals surface area contributed by atoms with Crippen LogP contribution in [0.5, 0.6) is 11.5 Å². The smallest absolute Gasteiger partial charge is 0.239 e. The van der Waals surface area contributed by atoms with E-state index in [2.05, 4.69) is 25.7 Å². The fraction of sp³-hybridized carbons (Fsp3) is 0.389. The molecule has 0 radical (unpaired) electrons. The van der Waals surface area contributed by atoms with Gasteiger partial charge in [-0.15, -0.1) is 20.4 Å². The molecule has 0 fully saturated rings. The van der Waals surface area contributed by atoms with Crippen LogP contribution < -0.4 is 14.8 Å². The van der Waals surface area contributed by atoms with Crippen LogP contribution in [0.15, 0.2) is 23.4 Å². The van der Waals surface area contributed by atoms with Crippen molar-refractivity contribution in [2.45, 2.75) is 44.1 Å². The maximum absolute atomic E-state index is 12.7. The molecule has 1 atom stereocenters. The molecule has 1 aromatic carbocycles. The summed E-state index contributed by atoms with van der Waals surface area (Å²) in [7, 11) is 0. The number of amides is 1. The summed E-state index contributed by atoms with van der Waals surface area (Å²) in [4.78, 5) is 12.7. The van der Waals surface area contributed by atoms with Gasteiger partial charge in [0.1, 0.15) is 5.01 Å². The maximum atomic E-state index is 12.7. The van der Waals surface area contributed by atoms with Gasteiger partial charge in [-0.05, 0) is 38.5 Å². The zero-order valence-electron chi connectivity index (χ0n) is 16.2. The van der Waals surface area contributed by atoms with E-state index >= 15 is 0 Å². The summed E-state index contributed by atoms with van der Waals surface area (Å²) in [5, 5.41) is 21.1. The normalized spacial score (nSPS) is 13.5. The molecule has 0 saturated heterocycles. The van der Waals surface area contributed by atoms with Crippen LogP contribution in [0.4, 0.5) is 5.13 Å². The number of aromatic nitrogens is 5. The first-order valence-corrected chi connectivity index (χ1v) is 10.9. The Kier molecular flexibility index (Phi) is 5.67. The fourth-order valence-electron chi connectivity index (χ4n) is 2.89. The topological polar surface area (TPSA) is 104 Å². The molecule has 0 saturated carbocycles. The lowest BCUT2D eigenvalue weighted by molar-refractivity contribution is -0.115. The molecule has 1 amide bonds. The van der Waals surface area contributed by atoms with Gasteiger partial charge in [0.25, 0.3) is 0 Å². The summed E-state index contributed by atoms with van der Waals surface area (Å²) in [5.74, 6) is 2.02. The molecule has 1 aliphatic heterocycles. The third-order valence-electron chi connectivity index (χ3n) is 4.33. The van der Waals surface area contributed by atoms with Crippen molar-refractivity contribution in [3.05, 3.63) is 23.2 Å². The summed E-state index contributed by atoms with van der Waals surface area (Å²) in [6, 6.07) is 5.69. The Morgan fingerprint density at radius 3 is 2.79 bits per heavy atom. The Bertz CT molecular complexity index is 1030. The van der Waals surface area contributed by atoms with E-state index in [0.29, 0.717) is 29.0 Å². The molecule has 29 heavy (non-hydrogen) atoms. The van der Waals surface area contributed by atoms with E-state index in [0.717, 1.165) is 22.1 Å². The van der Waals surface area contributed by atoms with Crippen LogP contribution in [-0.4, -0.2) is 42.9 Å². The average Bonchev–Trinajstić information content (AvgIpc) is 3.44. The van der Waals surface area contributed by atoms with E-state index in [1.54, 1.807) is 0 Å². The quantitative estimate of drug-likeness (QED) is 0.567. The van der Waals surface area contributed by atoms with Gasteiger partial charge in [-0.1, -0.05) is 30.0 Å². The first-order chi connectivity index (χ1) is 14.1. The van der Waals surface area contributed by atoms with E-state index in [-0.39, 0.29) is 18.0 Å². The Morgan fingerprint density at radius 2 is 2.07 bits per heavy atom. The summed E-state index contributed by atoms with van der Waals surface area (Å²) in [6.07, 6.45) is 0.643. The molecule has 0 aliphatic carbocycles. The number of ether oxygens (including phenoxy) is 2. The molecule has 9 nitrogen and oxygen atoms in total. The Labute approximate surface area is 175 Å². The molecule has 1 aliphatic rings. The van der Waals surface area contributed by atoms with Crippen molar-refractivity contribution in [2.24, 2.45) is 0 Å². The number of hydrogen-bond donors (Lipinski definition) is 1. The van der Waals surface area contributed by atoms with Crippen molar-refractivity contribution in [3.63, 3.8) is 0 Å². The maximum Gasteiger partial charge on any atom is 0.239 e. The Balaban J connectivity index is 1.54. The molecule has 1 unspecified atom stereocenters. The second-order valence-electron chi connectivity index (χ2n) is 6.25. The van der Waals surface area contributed by atoms with E-state index in [1.807, 2.05) is 43.5 Å². The number of benzene rings is 1. The number of anilines is 1. The molecule has 3 heterocycles. The predicted octanol–water partition coefficient (Wildman–Crippen LogP) is 3.36. The average molecular weight is 433 g/mol. The Morgan fingerprint density at radius 1 is 1.24 bits per heavy atom. The standard InChI is InChI=1S/C18H20N6O3S2/c1-4-14(16(25)19-17-22-20-10(3)28-17)29-18-23-21-15(24(18)5-2)11-6-7-12-13(8-11)27-9-26-12/h6-8,14H,4-5,9H2,1-3H3,(H,19,22,25). The van der Waals surface area contributed by atoms with Crippen molar-refractivity contribution in [2.75, 3.05) is 12.1 Å². The number of nitrogens with zero attached hydrogens (tertiary/aromatic N) is 5. The van der Waals surface area contributed by atoms with Crippen LogP contribution in [0.1, 0.15) is 25.3 Å². The molecule has 11 heteroatoms. The van der Waals surface area contributed by atoms with Crippen LogP contribution in [-0.2, 0) is 11.3 Å². The largest absolute Gasteiger partial charge is 0.454 e. The van der Waals surface area contributed by atoms with Gasteiger partial charge in [-0.25, -0.2) is 0 Å². The minimum Gasteiger partial charge on any atom is -0.454 e. The molecular formula is C18H20N6O3S2. The van der Waals surface area contributed by atoms with Crippen molar-refractivity contribution >= 4 is 34.1 Å². The molecule has 0 bridgehead atoms. The third-order valence-corrected chi connectivity index (χ3v) is 6.43. The molecule has 152 valence electrons. The second kappa shape index (κ2) is 8.37. The van der Waals surface area contributed by atoms with Gasteiger partial charge in [0.05, 0.1) is 5.25 Å². The molecule has 4 rings (SSSR count). The zero-order valence-corrected chi connectivity index (χ0v) is 17.8. The number of fused-ring (bicyclic) bond motifs is 1. The minimum atomic E-state index is -0.321. The number of nitrogens with one attached hydrogen (secondary N) is 1. The van der Waals surface area contributed by atoms with Crippen LogP contribution >= 0.6 is 23.1 Å². The summed E-state index contributed by atoms with van der Waals surface area (Å²) >= 11 is 2.74. The van der Waals surface area contributed by atoms with Gasteiger partial charge in [0.15, 0.2) is 22.5 Å². The highest BCUT2D eigenvalue weighted by atomic mass is 32.2. The van der Waals surface area contributed by atoms with E-state index < -0.39 is 0 Å². The van der Waals surface area contributed by atoms with Crippen molar-refractivity contribution in [3.8, 4) is 22.9 Å². The number of aryl methyl sites for hydroxylation is 1. The highest BCUT2D eigenvalue weighted by Gasteiger charge is 2.24. The van der Waals surface area contributed by atoms with Gasteiger partial charge in [-0.3, -0.25) is 10.1 Å². The number of hydrogen-bond acceptors (Lipinski definition) is 9. The monoisotopic (exact) mass is 432 g/mol. The zero-order chi connectivity index (χ0) is 20.4. The molecule has 2 aromatic heterocycles. The third kappa shape index (κ3) is 4.06. The number of carbonyl (C=O) groups is 1. The molecule has 1 N–H and O–H groups in total.